The molecular formula is C15H22ClNO3. The lowest BCUT2D eigenvalue weighted by Crippen LogP contribution is -2.38. The summed E-state index contributed by atoms with van der Waals surface area (Å²) in [6, 6.07) is 6.44. The molecule has 20 heavy (non-hydrogen) atoms. The van der Waals surface area contributed by atoms with Crippen LogP contribution in [0.25, 0.3) is 0 Å². The molecule has 1 rings (SSSR count). The summed E-state index contributed by atoms with van der Waals surface area (Å²) in [5.41, 5.74) is 0.784. The Hall–Kier alpha value is -1.10. The lowest BCUT2D eigenvalue weighted by Gasteiger charge is -2.18. The van der Waals surface area contributed by atoms with Gasteiger partial charge in [0.1, 0.15) is 6.04 Å². The standard InChI is InChI=1S/C15H22ClNO3/c1-10(2)9-13(15(19)20)17-8-7-14(18)11-3-5-12(16)6-4-11/h3-6,10,13-14,17-18H,7-9H2,1-2H3,(H,19,20). The Kier molecular flexibility index (Phi) is 6.99. The second-order valence-corrected chi connectivity index (χ2v) is 5.77. The van der Waals surface area contributed by atoms with Gasteiger partial charge in [0.25, 0.3) is 0 Å². The van der Waals surface area contributed by atoms with E-state index < -0.39 is 18.1 Å². The van der Waals surface area contributed by atoms with Gasteiger partial charge in [-0.1, -0.05) is 37.6 Å². The molecule has 0 aliphatic carbocycles. The number of carbonyl (C=O) groups is 1. The van der Waals surface area contributed by atoms with E-state index >= 15 is 0 Å². The smallest absolute Gasteiger partial charge is 0.320 e. The molecule has 0 aromatic heterocycles. The molecule has 0 radical (unpaired) electrons. The Morgan fingerprint density at radius 1 is 1.30 bits per heavy atom. The van der Waals surface area contributed by atoms with Crippen molar-refractivity contribution in [2.24, 2.45) is 5.92 Å². The molecule has 0 heterocycles. The lowest BCUT2D eigenvalue weighted by atomic mass is 10.0. The van der Waals surface area contributed by atoms with Crippen molar-refractivity contribution in [1.82, 2.24) is 5.32 Å². The summed E-state index contributed by atoms with van der Waals surface area (Å²) in [5.74, 6) is -0.538. The zero-order valence-electron chi connectivity index (χ0n) is 11.8. The molecule has 0 bridgehead atoms. The van der Waals surface area contributed by atoms with Crippen molar-refractivity contribution in [3.8, 4) is 0 Å². The number of aliphatic hydroxyl groups is 1. The molecule has 0 aliphatic heterocycles. The minimum absolute atomic E-state index is 0.310. The Balaban J connectivity index is 2.42. The number of halogens is 1. The van der Waals surface area contributed by atoms with Gasteiger partial charge in [0.05, 0.1) is 6.10 Å². The van der Waals surface area contributed by atoms with Crippen LogP contribution in [0.2, 0.25) is 5.02 Å². The van der Waals surface area contributed by atoms with Crippen LogP contribution in [0.4, 0.5) is 0 Å². The summed E-state index contributed by atoms with van der Waals surface area (Å²) in [6.07, 6.45) is 0.420. The monoisotopic (exact) mass is 299 g/mol. The molecule has 3 N–H and O–H groups in total. The molecular weight excluding hydrogens is 278 g/mol. The Bertz CT molecular complexity index is 420. The maximum absolute atomic E-state index is 11.1. The largest absolute Gasteiger partial charge is 0.480 e. The third-order valence-electron chi connectivity index (χ3n) is 3.07. The van der Waals surface area contributed by atoms with Gasteiger partial charge in [-0.25, -0.2) is 0 Å². The number of hydrogen-bond acceptors (Lipinski definition) is 3. The van der Waals surface area contributed by atoms with E-state index in [-0.39, 0.29) is 0 Å². The Labute approximate surface area is 124 Å². The van der Waals surface area contributed by atoms with Gasteiger partial charge in [-0.2, -0.15) is 0 Å². The van der Waals surface area contributed by atoms with Gasteiger partial charge in [0.2, 0.25) is 0 Å². The molecule has 0 saturated heterocycles. The molecule has 0 aliphatic rings. The SMILES string of the molecule is CC(C)CC(NCCC(O)c1ccc(Cl)cc1)C(=O)O. The van der Waals surface area contributed by atoms with E-state index in [1.165, 1.54) is 0 Å². The third kappa shape index (κ3) is 5.90. The first-order valence-electron chi connectivity index (χ1n) is 6.80. The van der Waals surface area contributed by atoms with E-state index in [4.69, 9.17) is 16.7 Å². The van der Waals surface area contributed by atoms with E-state index in [0.717, 1.165) is 5.56 Å². The summed E-state index contributed by atoms with van der Waals surface area (Å²) in [6.45, 7) is 4.42. The molecule has 2 unspecified atom stereocenters. The summed E-state index contributed by atoms with van der Waals surface area (Å²) in [7, 11) is 0. The van der Waals surface area contributed by atoms with Gasteiger partial charge in [0.15, 0.2) is 0 Å². The number of aliphatic carboxylic acids is 1. The molecule has 4 nitrogen and oxygen atoms in total. The number of carboxylic acids is 1. The summed E-state index contributed by atoms with van der Waals surface area (Å²) >= 11 is 5.79. The van der Waals surface area contributed by atoms with Crippen LogP contribution < -0.4 is 5.32 Å². The minimum atomic E-state index is -0.848. The van der Waals surface area contributed by atoms with Crippen LogP contribution >= 0.6 is 11.6 Å². The zero-order chi connectivity index (χ0) is 15.1. The molecule has 0 spiro atoms. The van der Waals surface area contributed by atoms with Crippen LogP contribution in [-0.4, -0.2) is 28.8 Å². The highest BCUT2D eigenvalue weighted by molar-refractivity contribution is 6.30. The average molecular weight is 300 g/mol. The maximum Gasteiger partial charge on any atom is 0.320 e. The van der Waals surface area contributed by atoms with Crippen molar-refractivity contribution in [1.29, 1.82) is 0 Å². The van der Waals surface area contributed by atoms with E-state index in [1.54, 1.807) is 24.3 Å². The van der Waals surface area contributed by atoms with E-state index in [1.807, 2.05) is 13.8 Å². The first-order chi connectivity index (χ1) is 9.40. The molecule has 1 aromatic rings. The van der Waals surface area contributed by atoms with Crippen molar-refractivity contribution >= 4 is 17.6 Å². The second kappa shape index (κ2) is 8.25. The highest BCUT2D eigenvalue weighted by atomic mass is 35.5. The number of rotatable bonds is 8. The molecule has 0 amide bonds. The van der Waals surface area contributed by atoms with Crippen LogP contribution in [0.3, 0.4) is 0 Å². The van der Waals surface area contributed by atoms with Gasteiger partial charge in [-0.3, -0.25) is 4.79 Å². The van der Waals surface area contributed by atoms with Gasteiger partial charge in [-0.05, 0) is 43.0 Å². The third-order valence-corrected chi connectivity index (χ3v) is 3.32. The first-order valence-corrected chi connectivity index (χ1v) is 7.17. The fourth-order valence-electron chi connectivity index (χ4n) is 1.99. The number of hydrogen-bond donors (Lipinski definition) is 3. The fraction of sp³-hybridized carbons (Fsp3) is 0.533. The van der Waals surface area contributed by atoms with Crippen molar-refractivity contribution in [2.45, 2.75) is 38.8 Å². The fourth-order valence-corrected chi connectivity index (χ4v) is 2.11. The van der Waals surface area contributed by atoms with E-state index in [2.05, 4.69) is 5.32 Å². The molecule has 1 aromatic carbocycles. The minimum Gasteiger partial charge on any atom is -0.480 e. The summed E-state index contributed by atoms with van der Waals surface area (Å²) < 4.78 is 0. The number of carboxylic acid groups (broad SMARTS) is 1. The summed E-state index contributed by atoms with van der Waals surface area (Å²) in [5, 5.41) is 22.7. The van der Waals surface area contributed by atoms with E-state index in [9.17, 15) is 9.90 Å². The predicted molar refractivity (Wildman–Crippen MR) is 79.9 cm³/mol. The predicted octanol–water partition coefficient (Wildman–Crippen LogP) is 2.85. The Morgan fingerprint density at radius 2 is 1.90 bits per heavy atom. The number of nitrogens with one attached hydrogen (secondary N) is 1. The molecule has 5 heteroatoms. The second-order valence-electron chi connectivity index (χ2n) is 5.33. The van der Waals surface area contributed by atoms with Gasteiger partial charge < -0.3 is 15.5 Å². The maximum atomic E-state index is 11.1. The van der Waals surface area contributed by atoms with Crippen molar-refractivity contribution < 1.29 is 15.0 Å². The molecule has 2 atom stereocenters. The Morgan fingerprint density at radius 3 is 2.40 bits per heavy atom. The molecule has 112 valence electrons. The van der Waals surface area contributed by atoms with Crippen LogP contribution in [0, 0.1) is 5.92 Å². The van der Waals surface area contributed by atoms with Gasteiger partial charge >= 0.3 is 5.97 Å². The average Bonchev–Trinajstić information content (AvgIpc) is 2.37. The number of aliphatic hydroxyl groups excluding tert-OH is 1. The summed E-state index contributed by atoms with van der Waals surface area (Å²) in [4.78, 5) is 11.1. The van der Waals surface area contributed by atoms with Crippen molar-refractivity contribution in [3.63, 3.8) is 0 Å². The van der Waals surface area contributed by atoms with Crippen LogP contribution in [-0.2, 0) is 4.79 Å². The van der Waals surface area contributed by atoms with E-state index in [0.29, 0.717) is 30.3 Å². The molecule has 0 fully saturated rings. The topological polar surface area (TPSA) is 69.6 Å². The van der Waals surface area contributed by atoms with Gasteiger partial charge in [0, 0.05) is 5.02 Å². The van der Waals surface area contributed by atoms with Crippen molar-refractivity contribution in [3.05, 3.63) is 34.9 Å². The highest BCUT2D eigenvalue weighted by Gasteiger charge is 2.18. The normalized spacial score (nSPS) is 14.2. The quantitative estimate of drug-likeness (QED) is 0.690. The lowest BCUT2D eigenvalue weighted by molar-refractivity contribution is -0.139. The van der Waals surface area contributed by atoms with Gasteiger partial charge in [-0.15, -0.1) is 0 Å². The zero-order valence-corrected chi connectivity index (χ0v) is 12.6. The highest BCUT2D eigenvalue weighted by Crippen LogP contribution is 2.18. The molecule has 0 saturated carbocycles. The first kappa shape index (κ1) is 17.0. The van der Waals surface area contributed by atoms with Crippen LogP contribution in [0.1, 0.15) is 38.4 Å². The van der Waals surface area contributed by atoms with Crippen molar-refractivity contribution in [2.75, 3.05) is 6.54 Å². The number of benzene rings is 1. The van der Waals surface area contributed by atoms with Crippen LogP contribution in [0.5, 0.6) is 0 Å². The van der Waals surface area contributed by atoms with Crippen LogP contribution in [0.15, 0.2) is 24.3 Å².